The zero-order chi connectivity index (χ0) is 19.4. The Labute approximate surface area is 167 Å². The van der Waals surface area contributed by atoms with E-state index >= 15 is 0 Å². The summed E-state index contributed by atoms with van der Waals surface area (Å²) in [5.41, 5.74) is 1.77. The summed E-state index contributed by atoms with van der Waals surface area (Å²) in [6.07, 6.45) is 0.470. The van der Waals surface area contributed by atoms with Gasteiger partial charge in [0.25, 0.3) is 5.91 Å². The van der Waals surface area contributed by atoms with Crippen LogP contribution in [0.3, 0.4) is 0 Å². The maximum absolute atomic E-state index is 12.3. The van der Waals surface area contributed by atoms with E-state index in [4.69, 9.17) is 32.7 Å². The zero-order valence-electron chi connectivity index (χ0n) is 14.7. The SMILES string of the molecule is C[C@@H](NC(=O)COC(=O)[C@H]1COc2ccc(Cl)cc2C1)c1ccc(Cl)cc1. The van der Waals surface area contributed by atoms with Crippen LogP contribution in [0.15, 0.2) is 42.5 Å². The summed E-state index contributed by atoms with van der Waals surface area (Å²) in [6, 6.07) is 12.3. The van der Waals surface area contributed by atoms with E-state index in [2.05, 4.69) is 5.32 Å². The van der Waals surface area contributed by atoms with Crippen LogP contribution in [-0.2, 0) is 20.7 Å². The van der Waals surface area contributed by atoms with Crippen molar-refractivity contribution in [3.63, 3.8) is 0 Å². The second kappa shape index (κ2) is 8.63. The molecule has 2 aromatic carbocycles. The van der Waals surface area contributed by atoms with E-state index in [1.165, 1.54) is 0 Å². The van der Waals surface area contributed by atoms with Gasteiger partial charge >= 0.3 is 5.97 Å². The number of ether oxygens (including phenoxy) is 2. The number of carbonyl (C=O) groups excluding carboxylic acids is 2. The highest BCUT2D eigenvalue weighted by Gasteiger charge is 2.28. The standard InChI is InChI=1S/C20H19Cl2NO4/c1-12(13-2-4-16(21)5-3-13)23-19(24)11-27-20(25)15-8-14-9-17(22)6-7-18(14)26-10-15/h2-7,9,12,15H,8,10-11H2,1H3,(H,23,24)/t12-,15-/m1/s1. The maximum Gasteiger partial charge on any atom is 0.313 e. The molecule has 0 fully saturated rings. The van der Waals surface area contributed by atoms with Gasteiger partial charge in [0.2, 0.25) is 0 Å². The molecule has 2 aromatic rings. The van der Waals surface area contributed by atoms with Crippen LogP contribution in [0, 0.1) is 5.92 Å². The monoisotopic (exact) mass is 407 g/mol. The maximum atomic E-state index is 12.3. The van der Waals surface area contributed by atoms with Crippen LogP contribution >= 0.6 is 23.2 Å². The third kappa shape index (κ3) is 5.15. The molecule has 0 aliphatic carbocycles. The van der Waals surface area contributed by atoms with Crippen molar-refractivity contribution in [1.29, 1.82) is 0 Å². The van der Waals surface area contributed by atoms with Gasteiger partial charge in [0.05, 0.1) is 12.0 Å². The topological polar surface area (TPSA) is 64.6 Å². The van der Waals surface area contributed by atoms with Crippen LogP contribution in [-0.4, -0.2) is 25.1 Å². The van der Waals surface area contributed by atoms with E-state index in [-0.39, 0.29) is 25.2 Å². The van der Waals surface area contributed by atoms with Crippen molar-refractivity contribution in [1.82, 2.24) is 5.32 Å². The summed E-state index contributed by atoms with van der Waals surface area (Å²) in [4.78, 5) is 24.3. The minimum atomic E-state index is -0.463. The van der Waals surface area contributed by atoms with E-state index in [0.717, 1.165) is 16.9 Å². The van der Waals surface area contributed by atoms with Crippen LogP contribution in [0.4, 0.5) is 0 Å². The molecule has 0 saturated carbocycles. The number of hydrogen-bond donors (Lipinski definition) is 1. The number of halogens is 2. The molecule has 0 bridgehead atoms. The number of carbonyl (C=O) groups is 2. The Bertz CT molecular complexity index is 838. The summed E-state index contributed by atoms with van der Waals surface area (Å²) < 4.78 is 10.7. The fourth-order valence-electron chi connectivity index (χ4n) is 2.89. The van der Waals surface area contributed by atoms with Gasteiger partial charge in [0.1, 0.15) is 12.4 Å². The molecule has 27 heavy (non-hydrogen) atoms. The first-order chi connectivity index (χ1) is 12.9. The Balaban J connectivity index is 1.49. The van der Waals surface area contributed by atoms with Crippen molar-refractivity contribution >= 4 is 35.1 Å². The van der Waals surface area contributed by atoms with E-state index in [9.17, 15) is 9.59 Å². The van der Waals surface area contributed by atoms with Crippen LogP contribution in [0.25, 0.3) is 0 Å². The summed E-state index contributed by atoms with van der Waals surface area (Å²) in [5, 5.41) is 4.00. The van der Waals surface area contributed by atoms with Gasteiger partial charge in [0, 0.05) is 10.0 Å². The lowest BCUT2D eigenvalue weighted by Crippen LogP contribution is -2.34. The van der Waals surface area contributed by atoms with Gasteiger partial charge in [-0.2, -0.15) is 0 Å². The highest BCUT2D eigenvalue weighted by Crippen LogP contribution is 2.30. The minimum absolute atomic E-state index is 0.219. The summed E-state index contributed by atoms with van der Waals surface area (Å²) >= 11 is 11.8. The van der Waals surface area contributed by atoms with Crippen LogP contribution in [0.5, 0.6) is 5.75 Å². The Kier molecular flexibility index (Phi) is 6.24. The summed E-state index contributed by atoms with van der Waals surface area (Å²) in [6.45, 7) is 1.73. The molecule has 1 amide bonds. The Morgan fingerprint density at radius 3 is 2.63 bits per heavy atom. The minimum Gasteiger partial charge on any atom is -0.492 e. The molecule has 0 radical (unpaired) electrons. The molecule has 2 atom stereocenters. The fraction of sp³-hybridized carbons (Fsp3) is 0.300. The van der Waals surface area contributed by atoms with E-state index in [1.807, 2.05) is 19.1 Å². The predicted octanol–water partition coefficient (Wildman–Crippen LogP) is 3.97. The smallest absolute Gasteiger partial charge is 0.313 e. The molecule has 7 heteroatoms. The Morgan fingerprint density at radius 1 is 1.19 bits per heavy atom. The quantitative estimate of drug-likeness (QED) is 0.761. The van der Waals surface area contributed by atoms with Crippen molar-refractivity contribution in [2.45, 2.75) is 19.4 Å². The van der Waals surface area contributed by atoms with Crippen molar-refractivity contribution in [2.75, 3.05) is 13.2 Å². The Morgan fingerprint density at radius 2 is 1.89 bits per heavy atom. The van der Waals surface area contributed by atoms with E-state index < -0.39 is 11.9 Å². The normalized spacial score (nSPS) is 16.6. The number of esters is 1. The van der Waals surface area contributed by atoms with Crippen LogP contribution in [0.2, 0.25) is 10.0 Å². The number of amides is 1. The van der Waals surface area contributed by atoms with E-state index in [0.29, 0.717) is 16.5 Å². The van der Waals surface area contributed by atoms with Gasteiger partial charge in [-0.15, -0.1) is 0 Å². The molecular weight excluding hydrogens is 389 g/mol. The lowest BCUT2D eigenvalue weighted by Gasteiger charge is -2.24. The van der Waals surface area contributed by atoms with Crippen molar-refractivity contribution in [2.24, 2.45) is 5.92 Å². The summed E-state index contributed by atoms with van der Waals surface area (Å²) in [5.74, 6) is -0.573. The number of nitrogens with one attached hydrogen (secondary N) is 1. The molecular formula is C20H19Cl2NO4. The average Bonchev–Trinajstić information content (AvgIpc) is 2.66. The van der Waals surface area contributed by atoms with Gasteiger partial charge in [-0.25, -0.2) is 0 Å². The molecule has 1 aliphatic heterocycles. The second-order valence-electron chi connectivity index (χ2n) is 6.41. The molecule has 1 heterocycles. The lowest BCUT2D eigenvalue weighted by atomic mass is 9.97. The van der Waals surface area contributed by atoms with Crippen molar-refractivity contribution < 1.29 is 19.1 Å². The molecule has 0 aromatic heterocycles. The molecule has 0 spiro atoms. The van der Waals surface area contributed by atoms with Crippen molar-refractivity contribution in [3.8, 4) is 5.75 Å². The van der Waals surface area contributed by atoms with Gasteiger partial charge in [-0.1, -0.05) is 35.3 Å². The number of fused-ring (bicyclic) bond motifs is 1. The van der Waals surface area contributed by atoms with E-state index in [1.54, 1.807) is 30.3 Å². The highest BCUT2D eigenvalue weighted by molar-refractivity contribution is 6.30. The molecule has 3 rings (SSSR count). The highest BCUT2D eigenvalue weighted by atomic mass is 35.5. The summed E-state index contributed by atoms with van der Waals surface area (Å²) in [7, 11) is 0. The number of benzene rings is 2. The van der Waals surface area contributed by atoms with Gasteiger partial charge in [-0.3, -0.25) is 9.59 Å². The molecule has 0 saturated heterocycles. The first kappa shape index (κ1) is 19.5. The molecule has 0 unspecified atom stereocenters. The van der Waals surface area contributed by atoms with Crippen LogP contribution in [0.1, 0.15) is 24.1 Å². The molecule has 5 nitrogen and oxygen atoms in total. The zero-order valence-corrected chi connectivity index (χ0v) is 16.2. The predicted molar refractivity (Wildman–Crippen MR) is 103 cm³/mol. The molecule has 1 aliphatic rings. The van der Waals surface area contributed by atoms with Crippen molar-refractivity contribution in [3.05, 3.63) is 63.6 Å². The van der Waals surface area contributed by atoms with Gasteiger partial charge in [0.15, 0.2) is 6.61 Å². The Hall–Kier alpha value is -2.24. The molecule has 142 valence electrons. The fourth-order valence-corrected chi connectivity index (χ4v) is 3.21. The first-order valence-corrected chi connectivity index (χ1v) is 9.30. The number of rotatable bonds is 5. The molecule has 1 N–H and O–H groups in total. The second-order valence-corrected chi connectivity index (χ2v) is 7.29. The lowest BCUT2D eigenvalue weighted by molar-refractivity contribution is -0.154. The first-order valence-electron chi connectivity index (χ1n) is 8.55. The third-order valence-corrected chi connectivity index (χ3v) is 4.84. The average molecular weight is 408 g/mol. The third-order valence-electron chi connectivity index (χ3n) is 4.36. The largest absolute Gasteiger partial charge is 0.492 e. The van der Waals surface area contributed by atoms with Gasteiger partial charge < -0.3 is 14.8 Å². The van der Waals surface area contributed by atoms with Crippen LogP contribution < -0.4 is 10.1 Å². The van der Waals surface area contributed by atoms with Gasteiger partial charge in [-0.05, 0) is 54.8 Å². The number of hydrogen-bond acceptors (Lipinski definition) is 4.